The van der Waals surface area contributed by atoms with Gasteiger partial charge in [0.2, 0.25) is 0 Å². The van der Waals surface area contributed by atoms with Crippen molar-refractivity contribution in [3.63, 3.8) is 0 Å². The first kappa shape index (κ1) is 20.1. The van der Waals surface area contributed by atoms with Crippen LogP contribution in [-0.4, -0.2) is 24.6 Å². The van der Waals surface area contributed by atoms with E-state index < -0.39 is 11.8 Å². The van der Waals surface area contributed by atoms with Crippen molar-refractivity contribution in [3.8, 4) is 5.75 Å². The van der Waals surface area contributed by atoms with Crippen LogP contribution < -0.4 is 10.1 Å². The Morgan fingerprint density at radius 3 is 2.42 bits per heavy atom. The van der Waals surface area contributed by atoms with Gasteiger partial charge in [-0.2, -0.15) is 0 Å². The fourth-order valence-corrected chi connectivity index (χ4v) is 3.16. The van der Waals surface area contributed by atoms with Gasteiger partial charge in [0.05, 0.1) is 13.4 Å². The van der Waals surface area contributed by atoms with Gasteiger partial charge < -0.3 is 14.5 Å². The molecule has 0 aliphatic carbocycles. The molecule has 31 heavy (non-hydrogen) atoms. The zero-order chi connectivity index (χ0) is 21.6. The van der Waals surface area contributed by atoms with E-state index in [0.29, 0.717) is 11.4 Å². The lowest BCUT2D eigenvalue weighted by Gasteiger charge is -2.10. The van der Waals surface area contributed by atoms with Gasteiger partial charge in [0.1, 0.15) is 11.5 Å². The Kier molecular flexibility index (Phi) is 5.89. The summed E-state index contributed by atoms with van der Waals surface area (Å²) in [6, 6.07) is 23.9. The van der Waals surface area contributed by atoms with E-state index in [1.165, 1.54) is 12.3 Å². The lowest BCUT2D eigenvalue weighted by molar-refractivity contribution is -0.110. The van der Waals surface area contributed by atoms with Crippen molar-refractivity contribution < 1.29 is 18.7 Å². The van der Waals surface area contributed by atoms with E-state index in [1.54, 1.807) is 25.3 Å². The number of ether oxygens (including phenoxy) is 1. The number of methoxy groups -OCH3 is 1. The van der Waals surface area contributed by atoms with Crippen molar-refractivity contribution in [3.05, 3.63) is 96.4 Å². The molecular formula is C25H20N2O4. The predicted molar refractivity (Wildman–Crippen MR) is 120 cm³/mol. The minimum Gasteiger partial charge on any atom is -0.497 e. The van der Waals surface area contributed by atoms with E-state index in [-0.39, 0.29) is 17.9 Å². The van der Waals surface area contributed by atoms with Gasteiger partial charge in [-0.05, 0) is 52.7 Å². The Labute approximate surface area is 179 Å². The Morgan fingerprint density at radius 2 is 1.71 bits per heavy atom. The maximum Gasteiger partial charge on any atom is 0.313 e. The molecule has 6 heteroatoms. The second-order valence-corrected chi connectivity index (χ2v) is 6.88. The molecule has 154 valence electrons. The standard InChI is InChI=1S/C25H20N2O4/c1-30-21-12-8-17(9-13-21)15-22(27-25(29)23-7-4-14-31-23)24(28)26-20-11-10-18-5-2-3-6-19(18)16-20/h2-14,16H,15H2,1H3,(H,26,28). The van der Waals surface area contributed by atoms with Gasteiger partial charge in [0, 0.05) is 12.1 Å². The summed E-state index contributed by atoms with van der Waals surface area (Å²) in [6.45, 7) is 0. The molecule has 4 rings (SSSR count). The molecule has 1 aromatic heterocycles. The first-order valence-corrected chi connectivity index (χ1v) is 9.71. The van der Waals surface area contributed by atoms with Crippen LogP contribution in [0.4, 0.5) is 5.69 Å². The smallest absolute Gasteiger partial charge is 0.313 e. The molecule has 4 aromatic rings. The summed E-state index contributed by atoms with van der Waals surface area (Å²) in [5, 5.41) is 4.92. The first-order chi connectivity index (χ1) is 15.1. The maximum atomic E-state index is 13.0. The lowest BCUT2D eigenvalue weighted by Crippen LogP contribution is -2.26. The van der Waals surface area contributed by atoms with Crippen molar-refractivity contribution in [1.29, 1.82) is 0 Å². The first-order valence-electron chi connectivity index (χ1n) is 9.71. The minimum absolute atomic E-state index is 0.0748. The second-order valence-electron chi connectivity index (χ2n) is 6.88. The summed E-state index contributed by atoms with van der Waals surface area (Å²) in [4.78, 5) is 29.5. The van der Waals surface area contributed by atoms with Gasteiger partial charge in [-0.25, -0.2) is 4.99 Å². The highest BCUT2D eigenvalue weighted by Crippen LogP contribution is 2.19. The normalized spacial score (nSPS) is 11.3. The molecular weight excluding hydrogens is 392 g/mol. The number of amides is 2. The molecule has 1 N–H and O–H groups in total. The van der Waals surface area contributed by atoms with Crippen molar-refractivity contribution >= 4 is 34.0 Å². The summed E-state index contributed by atoms with van der Waals surface area (Å²) in [5.74, 6) is -0.284. The van der Waals surface area contributed by atoms with Gasteiger partial charge in [-0.15, -0.1) is 0 Å². The summed E-state index contributed by atoms with van der Waals surface area (Å²) < 4.78 is 10.3. The van der Waals surface area contributed by atoms with Crippen molar-refractivity contribution in [2.24, 2.45) is 4.99 Å². The largest absolute Gasteiger partial charge is 0.497 e. The van der Waals surface area contributed by atoms with Crippen LogP contribution in [0.25, 0.3) is 10.8 Å². The van der Waals surface area contributed by atoms with Gasteiger partial charge in [0.15, 0.2) is 5.76 Å². The van der Waals surface area contributed by atoms with E-state index in [4.69, 9.17) is 9.15 Å². The molecule has 0 aliphatic heterocycles. The van der Waals surface area contributed by atoms with E-state index >= 15 is 0 Å². The molecule has 0 atom stereocenters. The average Bonchev–Trinajstić information content (AvgIpc) is 3.34. The number of rotatable bonds is 6. The number of aliphatic imine (C=N–C) groups is 1. The summed E-state index contributed by atoms with van der Waals surface area (Å²) in [5.41, 5.74) is 1.52. The van der Waals surface area contributed by atoms with Crippen molar-refractivity contribution in [1.82, 2.24) is 0 Å². The SMILES string of the molecule is COc1ccc(CC(=NC(=O)c2ccco2)C(=O)Nc2ccc3ccccc3c2)cc1. The molecule has 3 aromatic carbocycles. The number of carbonyl (C=O) groups is 2. The number of hydrogen-bond acceptors (Lipinski definition) is 4. The molecule has 6 nitrogen and oxygen atoms in total. The Hall–Kier alpha value is -4.19. The number of nitrogens with zero attached hydrogens (tertiary/aromatic N) is 1. The van der Waals surface area contributed by atoms with E-state index in [1.807, 2.05) is 54.6 Å². The highest BCUT2D eigenvalue weighted by molar-refractivity contribution is 6.45. The molecule has 0 fully saturated rings. The fourth-order valence-electron chi connectivity index (χ4n) is 3.16. The molecule has 0 radical (unpaired) electrons. The van der Waals surface area contributed by atoms with E-state index in [0.717, 1.165) is 16.3 Å². The van der Waals surface area contributed by atoms with E-state index in [2.05, 4.69) is 10.3 Å². The Balaban J connectivity index is 1.61. The molecule has 0 bridgehead atoms. The molecule has 0 saturated carbocycles. The van der Waals surface area contributed by atoms with Crippen LogP contribution in [0, 0.1) is 0 Å². The average molecular weight is 412 g/mol. The maximum absolute atomic E-state index is 13.0. The molecule has 0 saturated heterocycles. The van der Waals surface area contributed by atoms with Crippen LogP contribution in [0.2, 0.25) is 0 Å². The van der Waals surface area contributed by atoms with Crippen LogP contribution in [0.3, 0.4) is 0 Å². The second kappa shape index (κ2) is 9.09. The third kappa shape index (κ3) is 4.87. The van der Waals surface area contributed by atoms with Gasteiger partial charge in [-0.1, -0.05) is 42.5 Å². The number of nitrogens with one attached hydrogen (secondary N) is 1. The number of carbonyl (C=O) groups excluding carboxylic acids is 2. The highest BCUT2D eigenvalue weighted by atomic mass is 16.5. The number of furan rings is 1. The van der Waals surface area contributed by atoms with Gasteiger partial charge in [-0.3, -0.25) is 9.59 Å². The van der Waals surface area contributed by atoms with Crippen molar-refractivity contribution in [2.45, 2.75) is 6.42 Å². The third-order valence-corrected chi connectivity index (χ3v) is 4.77. The number of hydrogen-bond donors (Lipinski definition) is 1. The van der Waals surface area contributed by atoms with Crippen LogP contribution in [0.15, 0.2) is 94.5 Å². The topological polar surface area (TPSA) is 80.9 Å². The van der Waals surface area contributed by atoms with Crippen LogP contribution in [-0.2, 0) is 11.2 Å². The zero-order valence-corrected chi connectivity index (χ0v) is 16.9. The van der Waals surface area contributed by atoms with Gasteiger partial charge in [0.25, 0.3) is 5.91 Å². The van der Waals surface area contributed by atoms with Crippen LogP contribution in [0.1, 0.15) is 16.1 Å². The lowest BCUT2D eigenvalue weighted by atomic mass is 10.1. The molecule has 0 spiro atoms. The van der Waals surface area contributed by atoms with E-state index in [9.17, 15) is 9.59 Å². The number of benzene rings is 3. The number of fused-ring (bicyclic) bond motifs is 1. The molecule has 0 unspecified atom stereocenters. The van der Waals surface area contributed by atoms with Crippen LogP contribution in [0.5, 0.6) is 5.75 Å². The van der Waals surface area contributed by atoms with Crippen LogP contribution >= 0.6 is 0 Å². The third-order valence-electron chi connectivity index (χ3n) is 4.77. The highest BCUT2D eigenvalue weighted by Gasteiger charge is 2.17. The monoisotopic (exact) mass is 412 g/mol. The summed E-state index contributed by atoms with van der Waals surface area (Å²) in [6.07, 6.45) is 1.57. The minimum atomic E-state index is -0.609. The fraction of sp³-hybridized carbons (Fsp3) is 0.0800. The summed E-state index contributed by atoms with van der Waals surface area (Å²) in [7, 11) is 1.58. The summed E-state index contributed by atoms with van der Waals surface area (Å²) >= 11 is 0. The molecule has 1 heterocycles. The molecule has 0 aliphatic rings. The zero-order valence-electron chi connectivity index (χ0n) is 16.9. The predicted octanol–water partition coefficient (Wildman–Crippen LogP) is 4.90. The molecule has 2 amide bonds. The quantitative estimate of drug-likeness (QED) is 0.457. The number of anilines is 1. The Bertz CT molecular complexity index is 1240. The van der Waals surface area contributed by atoms with Crippen molar-refractivity contribution in [2.75, 3.05) is 12.4 Å². The Morgan fingerprint density at radius 1 is 0.935 bits per heavy atom. The van der Waals surface area contributed by atoms with Gasteiger partial charge >= 0.3 is 5.91 Å².